The first-order chi connectivity index (χ1) is 12.2. The first-order valence-electron chi connectivity index (χ1n) is 7.58. The normalized spacial score (nSPS) is 12.2. The third-order valence-corrected chi connectivity index (χ3v) is 3.77. The highest BCUT2D eigenvalue weighted by Crippen LogP contribution is 2.35. The summed E-state index contributed by atoms with van der Waals surface area (Å²) in [6.45, 7) is 0.456. The summed E-state index contributed by atoms with van der Waals surface area (Å²) >= 11 is 0. The number of nitrogens with zero attached hydrogens (tertiary/aromatic N) is 1. The molecule has 1 aliphatic rings. The number of fused-ring (bicyclic) bond motifs is 1. The average Bonchev–Trinajstić information content (AvgIpc) is 3.29. The summed E-state index contributed by atoms with van der Waals surface area (Å²) in [5, 5.41) is 6.51. The Kier molecular flexibility index (Phi) is 3.81. The molecule has 0 saturated heterocycles. The maximum atomic E-state index is 12.9. The molecule has 2 aromatic carbocycles. The predicted molar refractivity (Wildman–Crippen MR) is 85.6 cm³/mol. The first-order valence-corrected chi connectivity index (χ1v) is 7.58. The molecule has 1 aromatic heterocycles. The number of carbonyl (C=O) groups excluding carboxylic acids is 1. The highest BCUT2D eigenvalue weighted by molar-refractivity contribution is 5.93. The molecule has 25 heavy (non-hydrogen) atoms. The molecule has 1 amide bonds. The van der Waals surface area contributed by atoms with Crippen molar-refractivity contribution in [3.05, 3.63) is 65.6 Å². The Hall–Kier alpha value is -3.35. The van der Waals surface area contributed by atoms with E-state index < -0.39 is 0 Å². The van der Waals surface area contributed by atoms with E-state index in [0.29, 0.717) is 17.3 Å². The molecule has 3 aromatic rings. The minimum Gasteiger partial charge on any atom is -0.454 e. The quantitative estimate of drug-likeness (QED) is 0.790. The fourth-order valence-electron chi connectivity index (χ4n) is 2.44. The molecule has 0 unspecified atom stereocenters. The molecule has 7 heteroatoms. The van der Waals surface area contributed by atoms with E-state index in [4.69, 9.17) is 14.0 Å². The maximum Gasteiger partial charge on any atom is 0.273 e. The van der Waals surface area contributed by atoms with Crippen molar-refractivity contribution in [3.63, 3.8) is 0 Å². The van der Waals surface area contributed by atoms with Gasteiger partial charge >= 0.3 is 0 Å². The molecule has 0 spiro atoms. The molecular formula is C18H13FN2O4. The van der Waals surface area contributed by atoms with Gasteiger partial charge in [-0.15, -0.1) is 0 Å². The molecule has 1 N–H and O–H groups in total. The molecule has 2 heterocycles. The van der Waals surface area contributed by atoms with Crippen molar-refractivity contribution >= 4 is 5.91 Å². The number of amides is 1. The van der Waals surface area contributed by atoms with Crippen LogP contribution in [0, 0.1) is 5.82 Å². The van der Waals surface area contributed by atoms with Gasteiger partial charge < -0.3 is 19.3 Å². The Morgan fingerprint density at radius 1 is 1.08 bits per heavy atom. The molecule has 0 bridgehead atoms. The van der Waals surface area contributed by atoms with Crippen LogP contribution in [0.15, 0.2) is 53.1 Å². The lowest BCUT2D eigenvalue weighted by Crippen LogP contribution is -2.23. The first kappa shape index (κ1) is 15.2. The van der Waals surface area contributed by atoms with Crippen molar-refractivity contribution in [1.82, 2.24) is 10.5 Å². The molecule has 0 atom stereocenters. The van der Waals surface area contributed by atoms with Gasteiger partial charge in [-0.25, -0.2) is 4.39 Å². The van der Waals surface area contributed by atoms with Crippen molar-refractivity contribution in [1.29, 1.82) is 0 Å². The predicted octanol–water partition coefficient (Wildman–Crippen LogP) is 3.14. The van der Waals surface area contributed by atoms with Gasteiger partial charge in [0.05, 0.1) is 0 Å². The van der Waals surface area contributed by atoms with E-state index in [1.807, 2.05) is 0 Å². The summed E-state index contributed by atoms with van der Waals surface area (Å²) in [5.74, 6) is 1.04. The highest BCUT2D eigenvalue weighted by Gasteiger charge is 2.17. The fraction of sp³-hybridized carbons (Fsp3) is 0.111. The van der Waals surface area contributed by atoms with E-state index in [9.17, 15) is 9.18 Å². The number of hydrogen-bond donors (Lipinski definition) is 1. The van der Waals surface area contributed by atoms with Gasteiger partial charge in [-0.3, -0.25) is 4.79 Å². The number of aromatic nitrogens is 1. The summed E-state index contributed by atoms with van der Waals surface area (Å²) in [4.78, 5) is 12.2. The second-order valence-corrected chi connectivity index (χ2v) is 5.45. The number of rotatable bonds is 4. The van der Waals surface area contributed by atoms with Crippen LogP contribution in [0.1, 0.15) is 16.1 Å². The Bertz CT molecular complexity index is 921. The van der Waals surface area contributed by atoms with Crippen molar-refractivity contribution in [3.8, 4) is 22.8 Å². The summed E-state index contributed by atoms with van der Waals surface area (Å²) in [5.41, 5.74) is 1.68. The van der Waals surface area contributed by atoms with Crippen molar-refractivity contribution in [2.45, 2.75) is 6.54 Å². The van der Waals surface area contributed by atoms with E-state index in [-0.39, 0.29) is 30.8 Å². The van der Waals surface area contributed by atoms with Crippen LogP contribution in [0.5, 0.6) is 11.5 Å². The van der Waals surface area contributed by atoms with Gasteiger partial charge in [0.1, 0.15) is 5.82 Å². The third kappa shape index (κ3) is 3.16. The van der Waals surface area contributed by atoms with Gasteiger partial charge in [0.2, 0.25) is 6.79 Å². The van der Waals surface area contributed by atoms with Gasteiger partial charge in [0, 0.05) is 18.2 Å². The third-order valence-electron chi connectivity index (χ3n) is 3.77. The van der Waals surface area contributed by atoms with Gasteiger partial charge in [-0.1, -0.05) is 17.3 Å². The lowest BCUT2D eigenvalue weighted by atomic mass is 10.1. The zero-order valence-electron chi connectivity index (χ0n) is 13.0. The number of halogens is 1. The van der Waals surface area contributed by atoms with Crippen LogP contribution in [-0.4, -0.2) is 17.9 Å². The minimum absolute atomic E-state index is 0.162. The van der Waals surface area contributed by atoms with Crippen LogP contribution < -0.4 is 14.8 Å². The second-order valence-electron chi connectivity index (χ2n) is 5.45. The molecule has 4 rings (SSSR count). The molecular weight excluding hydrogens is 327 g/mol. The molecule has 0 fully saturated rings. The zero-order valence-corrected chi connectivity index (χ0v) is 13.0. The van der Waals surface area contributed by atoms with Crippen LogP contribution in [0.4, 0.5) is 4.39 Å². The fourth-order valence-corrected chi connectivity index (χ4v) is 2.44. The highest BCUT2D eigenvalue weighted by atomic mass is 19.1. The number of carbonyl (C=O) groups is 1. The average molecular weight is 340 g/mol. The number of hydrogen-bond acceptors (Lipinski definition) is 5. The van der Waals surface area contributed by atoms with Gasteiger partial charge in [-0.05, 0) is 35.9 Å². The minimum atomic E-state index is -0.375. The van der Waals surface area contributed by atoms with Crippen LogP contribution in [-0.2, 0) is 6.54 Å². The molecule has 0 saturated carbocycles. The smallest absolute Gasteiger partial charge is 0.273 e. The molecule has 0 aliphatic carbocycles. The Morgan fingerprint density at radius 3 is 2.72 bits per heavy atom. The van der Waals surface area contributed by atoms with Gasteiger partial charge in [0.25, 0.3) is 5.91 Å². The van der Waals surface area contributed by atoms with E-state index in [1.54, 1.807) is 36.4 Å². The lowest BCUT2D eigenvalue weighted by Gasteiger charge is -2.02. The number of nitrogens with one attached hydrogen (secondary N) is 1. The zero-order chi connectivity index (χ0) is 17.2. The van der Waals surface area contributed by atoms with Crippen LogP contribution in [0.25, 0.3) is 11.3 Å². The van der Waals surface area contributed by atoms with Crippen molar-refractivity contribution in [2.75, 3.05) is 6.79 Å². The van der Waals surface area contributed by atoms with E-state index in [0.717, 1.165) is 11.1 Å². The molecule has 6 nitrogen and oxygen atoms in total. The SMILES string of the molecule is O=C(NCc1ccc(F)cc1)c1cc(-c2ccc3c(c2)OCO3)on1. The lowest BCUT2D eigenvalue weighted by molar-refractivity contribution is 0.0942. The number of ether oxygens (including phenoxy) is 2. The maximum absolute atomic E-state index is 12.9. The molecule has 126 valence electrons. The van der Waals surface area contributed by atoms with Crippen molar-refractivity contribution < 1.29 is 23.2 Å². The second kappa shape index (κ2) is 6.27. The van der Waals surface area contributed by atoms with Crippen LogP contribution in [0.2, 0.25) is 0 Å². The summed E-state index contributed by atoms with van der Waals surface area (Å²) in [6.07, 6.45) is 0. The van der Waals surface area contributed by atoms with Crippen molar-refractivity contribution in [2.24, 2.45) is 0 Å². The standard InChI is InChI=1S/C18H13FN2O4/c19-13-4-1-11(2-5-13)9-20-18(22)14-8-16(25-21-14)12-3-6-15-17(7-12)24-10-23-15/h1-8H,9-10H2,(H,20,22). The molecule has 1 aliphatic heterocycles. The van der Waals surface area contributed by atoms with Crippen LogP contribution >= 0.6 is 0 Å². The van der Waals surface area contributed by atoms with Gasteiger partial charge in [-0.2, -0.15) is 0 Å². The number of benzene rings is 2. The summed E-state index contributed by atoms with van der Waals surface area (Å²) < 4.78 is 28.7. The van der Waals surface area contributed by atoms with Gasteiger partial charge in [0.15, 0.2) is 23.0 Å². The monoisotopic (exact) mass is 340 g/mol. The largest absolute Gasteiger partial charge is 0.454 e. The summed E-state index contributed by atoms with van der Waals surface area (Å²) in [7, 11) is 0. The summed E-state index contributed by atoms with van der Waals surface area (Å²) in [6, 6.07) is 12.8. The Balaban J connectivity index is 1.45. The van der Waals surface area contributed by atoms with E-state index >= 15 is 0 Å². The van der Waals surface area contributed by atoms with E-state index in [1.165, 1.54) is 12.1 Å². The topological polar surface area (TPSA) is 73.6 Å². The van der Waals surface area contributed by atoms with E-state index in [2.05, 4.69) is 10.5 Å². The Labute approximate surface area is 142 Å². The van der Waals surface area contributed by atoms with Crippen LogP contribution in [0.3, 0.4) is 0 Å². The Morgan fingerprint density at radius 2 is 1.88 bits per heavy atom. The molecule has 0 radical (unpaired) electrons.